The third kappa shape index (κ3) is 2.95. The third-order valence-corrected chi connectivity index (χ3v) is 3.38. The Kier molecular flexibility index (Phi) is 4.01. The number of carboxylic acids is 1. The summed E-state index contributed by atoms with van der Waals surface area (Å²) >= 11 is 0. The lowest BCUT2D eigenvalue weighted by molar-refractivity contribution is -0.145. The van der Waals surface area contributed by atoms with E-state index in [2.05, 4.69) is 0 Å². The van der Waals surface area contributed by atoms with Crippen LogP contribution in [0, 0.1) is 11.6 Å². The van der Waals surface area contributed by atoms with E-state index in [4.69, 9.17) is 5.11 Å². The Labute approximate surface area is 115 Å². The van der Waals surface area contributed by atoms with Crippen LogP contribution in [0.4, 0.5) is 8.78 Å². The Morgan fingerprint density at radius 1 is 1.35 bits per heavy atom. The normalized spacial score (nSPS) is 15.8. The fourth-order valence-electron chi connectivity index (χ4n) is 2.22. The van der Waals surface area contributed by atoms with Gasteiger partial charge in [0.2, 0.25) is 5.91 Å². The van der Waals surface area contributed by atoms with E-state index in [-0.39, 0.29) is 11.6 Å². The average Bonchev–Trinajstić information content (AvgIpc) is 3.18. The molecule has 1 N–H and O–H groups in total. The van der Waals surface area contributed by atoms with Gasteiger partial charge in [-0.1, -0.05) is 6.07 Å². The van der Waals surface area contributed by atoms with Crippen molar-refractivity contribution in [1.29, 1.82) is 0 Å². The molecule has 1 atom stereocenters. The number of aliphatic carboxylic acids is 1. The number of nitrogens with zero attached hydrogens (tertiary/aromatic N) is 1. The zero-order valence-corrected chi connectivity index (χ0v) is 11.0. The standard InChI is InChI=1S/C14H15F2NO3/c1-8(13-10(15)3-2-4-11(13)16)14(20)17(7-12(18)19)9-5-6-9/h2-4,8-9H,5-7H2,1H3,(H,18,19). The minimum absolute atomic E-state index is 0.129. The zero-order chi connectivity index (χ0) is 14.9. The Balaban J connectivity index is 2.24. The molecular formula is C14H15F2NO3. The topological polar surface area (TPSA) is 57.6 Å². The lowest BCUT2D eigenvalue weighted by atomic mass is 9.98. The van der Waals surface area contributed by atoms with Gasteiger partial charge in [-0.15, -0.1) is 0 Å². The second-order valence-corrected chi connectivity index (χ2v) is 4.95. The van der Waals surface area contributed by atoms with Crippen molar-refractivity contribution in [1.82, 2.24) is 4.90 Å². The molecule has 0 aliphatic heterocycles. The summed E-state index contributed by atoms with van der Waals surface area (Å²) in [5, 5.41) is 8.83. The highest BCUT2D eigenvalue weighted by atomic mass is 19.1. The maximum atomic E-state index is 13.7. The minimum atomic E-state index is -1.13. The Bertz CT molecular complexity index is 523. The summed E-state index contributed by atoms with van der Waals surface area (Å²) in [4.78, 5) is 24.3. The van der Waals surface area contributed by atoms with Gasteiger partial charge in [0.15, 0.2) is 0 Å². The summed E-state index contributed by atoms with van der Waals surface area (Å²) in [6.07, 6.45) is 1.46. The summed E-state index contributed by atoms with van der Waals surface area (Å²) in [6.45, 7) is 0.949. The molecule has 1 aromatic carbocycles. The molecule has 1 saturated carbocycles. The Morgan fingerprint density at radius 3 is 2.35 bits per heavy atom. The first-order valence-corrected chi connectivity index (χ1v) is 6.38. The van der Waals surface area contributed by atoms with E-state index >= 15 is 0 Å². The molecule has 1 amide bonds. The van der Waals surface area contributed by atoms with E-state index in [1.807, 2.05) is 0 Å². The number of carboxylic acid groups (broad SMARTS) is 1. The molecule has 1 fully saturated rings. The van der Waals surface area contributed by atoms with Gasteiger partial charge in [-0.2, -0.15) is 0 Å². The molecule has 0 saturated heterocycles. The lowest BCUT2D eigenvalue weighted by Crippen LogP contribution is -2.40. The van der Waals surface area contributed by atoms with Crippen LogP contribution in [0.3, 0.4) is 0 Å². The minimum Gasteiger partial charge on any atom is -0.480 e. The van der Waals surface area contributed by atoms with Crippen LogP contribution in [-0.4, -0.2) is 34.5 Å². The first kappa shape index (κ1) is 14.4. The van der Waals surface area contributed by atoms with Crippen molar-refractivity contribution in [2.75, 3.05) is 6.54 Å². The molecule has 1 aromatic rings. The highest BCUT2D eigenvalue weighted by molar-refractivity contribution is 5.87. The fraction of sp³-hybridized carbons (Fsp3) is 0.429. The van der Waals surface area contributed by atoms with E-state index in [9.17, 15) is 18.4 Å². The van der Waals surface area contributed by atoms with Crippen molar-refractivity contribution in [3.8, 4) is 0 Å². The van der Waals surface area contributed by atoms with Crippen LogP contribution in [0.25, 0.3) is 0 Å². The maximum absolute atomic E-state index is 13.7. The average molecular weight is 283 g/mol. The van der Waals surface area contributed by atoms with E-state index in [1.165, 1.54) is 17.9 Å². The van der Waals surface area contributed by atoms with E-state index in [0.717, 1.165) is 25.0 Å². The van der Waals surface area contributed by atoms with Crippen molar-refractivity contribution in [3.05, 3.63) is 35.4 Å². The highest BCUT2D eigenvalue weighted by Crippen LogP contribution is 2.31. The first-order chi connectivity index (χ1) is 9.41. The van der Waals surface area contributed by atoms with Gasteiger partial charge in [0.1, 0.15) is 18.2 Å². The molecule has 1 unspecified atom stereocenters. The summed E-state index contributed by atoms with van der Waals surface area (Å²) in [6, 6.07) is 3.26. The number of carbonyl (C=O) groups excluding carboxylic acids is 1. The van der Waals surface area contributed by atoms with Crippen LogP contribution in [0.15, 0.2) is 18.2 Å². The molecule has 1 aliphatic carbocycles. The predicted molar refractivity (Wildman–Crippen MR) is 67.1 cm³/mol. The van der Waals surface area contributed by atoms with E-state index < -0.39 is 36.0 Å². The lowest BCUT2D eigenvalue weighted by Gasteiger charge is -2.24. The molecular weight excluding hydrogens is 268 g/mol. The van der Waals surface area contributed by atoms with Gasteiger partial charge >= 0.3 is 5.97 Å². The zero-order valence-electron chi connectivity index (χ0n) is 11.0. The van der Waals surface area contributed by atoms with Gasteiger partial charge in [-0.3, -0.25) is 9.59 Å². The number of amides is 1. The molecule has 6 heteroatoms. The molecule has 0 bridgehead atoms. The second kappa shape index (κ2) is 5.56. The summed E-state index contributed by atoms with van der Waals surface area (Å²) in [5.74, 6) is -4.32. The van der Waals surface area contributed by atoms with Crippen molar-refractivity contribution >= 4 is 11.9 Å². The van der Waals surface area contributed by atoms with Crippen LogP contribution >= 0.6 is 0 Å². The molecule has 0 heterocycles. The number of hydrogen-bond donors (Lipinski definition) is 1. The van der Waals surface area contributed by atoms with Crippen LogP contribution in [0.2, 0.25) is 0 Å². The Hall–Kier alpha value is -1.98. The molecule has 20 heavy (non-hydrogen) atoms. The summed E-state index contributed by atoms with van der Waals surface area (Å²) < 4.78 is 27.4. The number of halogens is 2. The third-order valence-electron chi connectivity index (χ3n) is 3.38. The monoisotopic (exact) mass is 283 g/mol. The quantitative estimate of drug-likeness (QED) is 0.900. The highest BCUT2D eigenvalue weighted by Gasteiger charge is 2.37. The first-order valence-electron chi connectivity index (χ1n) is 6.38. The van der Waals surface area contributed by atoms with Gasteiger partial charge in [0.25, 0.3) is 0 Å². The van der Waals surface area contributed by atoms with Crippen molar-refractivity contribution < 1.29 is 23.5 Å². The van der Waals surface area contributed by atoms with Gasteiger partial charge in [0, 0.05) is 11.6 Å². The van der Waals surface area contributed by atoms with Gasteiger partial charge < -0.3 is 10.0 Å². The van der Waals surface area contributed by atoms with Crippen LogP contribution < -0.4 is 0 Å². The van der Waals surface area contributed by atoms with Crippen molar-refractivity contribution in [2.24, 2.45) is 0 Å². The molecule has 0 radical (unpaired) electrons. The largest absolute Gasteiger partial charge is 0.480 e. The van der Waals surface area contributed by atoms with Crippen LogP contribution in [0.1, 0.15) is 31.2 Å². The van der Waals surface area contributed by atoms with Gasteiger partial charge in [-0.25, -0.2) is 8.78 Å². The molecule has 108 valence electrons. The predicted octanol–water partition coefficient (Wildman–Crippen LogP) is 2.14. The molecule has 0 spiro atoms. The fourth-order valence-corrected chi connectivity index (χ4v) is 2.22. The van der Waals surface area contributed by atoms with E-state index in [0.29, 0.717) is 0 Å². The maximum Gasteiger partial charge on any atom is 0.323 e. The molecule has 2 rings (SSSR count). The van der Waals surface area contributed by atoms with Crippen molar-refractivity contribution in [3.63, 3.8) is 0 Å². The summed E-state index contributed by atoms with van der Waals surface area (Å²) in [7, 11) is 0. The second-order valence-electron chi connectivity index (χ2n) is 4.95. The Morgan fingerprint density at radius 2 is 1.90 bits per heavy atom. The van der Waals surface area contributed by atoms with Crippen molar-refractivity contribution in [2.45, 2.75) is 31.7 Å². The van der Waals surface area contributed by atoms with Crippen LogP contribution in [-0.2, 0) is 9.59 Å². The van der Waals surface area contributed by atoms with Gasteiger partial charge in [0.05, 0.1) is 5.92 Å². The number of rotatable bonds is 5. The molecule has 4 nitrogen and oxygen atoms in total. The van der Waals surface area contributed by atoms with Gasteiger partial charge in [-0.05, 0) is 31.9 Å². The number of hydrogen-bond acceptors (Lipinski definition) is 2. The molecule has 0 aromatic heterocycles. The van der Waals surface area contributed by atoms with Crippen LogP contribution in [0.5, 0.6) is 0 Å². The number of benzene rings is 1. The number of carbonyl (C=O) groups is 2. The molecule has 1 aliphatic rings. The SMILES string of the molecule is CC(C(=O)N(CC(=O)O)C1CC1)c1c(F)cccc1F. The smallest absolute Gasteiger partial charge is 0.323 e. The van der Waals surface area contributed by atoms with E-state index in [1.54, 1.807) is 0 Å². The summed E-state index contributed by atoms with van der Waals surface area (Å²) in [5.41, 5.74) is -0.312.